The van der Waals surface area contributed by atoms with E-state index in [4.69, 9.17) is 5.73 Å². The normalized spacial score (nSPS) is 18.6. The molecule has 0 radical (unpaired) electrons. The van der Waals surface area contributed by atoms with E-state index in [2.05, 4.69) is 25.3 Å². The van der Waals surface area contributed by atoms with Gasteiger partial charge in [0.15, 0.2) is 0 Å². The molecule has 1 aromatic carbocycles. The summed E-state index contributed by atoms with van der Waals surface area (Å²) in [4.78, 5) is 19.1. The fourth-order valence-electron chi connectivity index (χ4n) is 3.65. The molecule has 1 saturated carbocycles. The highest BCUT2D eigenvalue weighted by Crippen LogP contribution is 2.29. The van der Waals surface area contributed by atoms with Crippen LogP contribution < -0.4 is 21.1 Å². The van der Waals surface area contributed by atoms with E-state index < -0.39 is 11.5 Å². The standard InChI is InChI=1S/C20H26F2N6O3/c21-19(22)31-16-3-1-2-15(8-16)11-25-20-26-12-17(28(29)30)18(27-20)24-10-14-6-4-13(9-23)5-7-14/h1-3,8,12-14,19H,4-7,9-11,23H2,(H2,24,25,26,27). The number of nitrogens with two attached hydrogens (primary N) is 1. The highest BCUT2D eigenvalue weighted by Gasteiger charge is 2.22. The van der Waals surface area contributed by atoms with E-state index in [0.29, 0.717) is 30.5 Å². The Kier molecular flexibility index (Phi) is 7.88. The quantitative estimate of drug-likeness (QED) is 0.379. The first-order chi connectivity index (χ1) is 14.9. The molecule has 0 aliphatic heterocycles. The lowest BCUT2D eigenvalue weighted by molar-refractivity contribution is -0.384. The van der Waals surface area contributed by atoms with E-state index in [9.17, 15) is 18.9 Å². The smallest absolute Gasteiger partial charge is 0.387 e. The van der Waals surface area contributed by atoms with E-state index in [1.807, 2.05) is 0 Å². The van der Waals surface area contributed by atoms with Gasteiger partial charge in [-0.3, -0.25) is 10.1 Å². The van der Waals surface area contributed by atoms with Gasteiger partial charge in [0, 0.05) is 13.1 Å². The van der Waals surface area contributed by atoms with Crippen LogP contribution in [-0.4, -0.2) is 34.6 Å². The Balaban J connectivity index is 1.62. The maximum Gasteiger partial charge on any atom is 0.387 e. The molecule has 0 bridgehead atoms. The van der Waals surface area contributed by atoms with E-state index in [0.717, 1.165) is 31.9 Å². The summed E-state index contributed by atoms with van der Waals surface area (Å²) in [6.07, 6.45) is 5.33. The van der Waals surface area contributed by atoms with Crippen LogP contribution >= 0.6 is 0 Å². The van der Waals surface area contributed by atoms with Gasteiger partial charge < -0.3 is 21.1 Å². The number of rotatable bonds is 10. The van der Waals surface area contributed by atoms with Crippen LogP contribution in [0.25, 0.3) is 0 Å². The zero-order chi connectivity index (χ0) is 22.2. The van der Waals surface area contributed by atoms with Gasteiger partial charge in [-0.2, -0.15) is 13.8 Å². The van der Waals surface area contributed by atoms with Gasteiger partial charge in [0.2, 0.25) is 11.8 Å². The van der Waals surface area contributed by atoms with Crippen LogP contribution in [0, 0.1) is 22.0 Å². The van der Waals surface area contributed by atoms with Crippen molar-refractivity contribution in [1.82, 2.24) is 9.97 Å². The van der Waals surface area contributed by atoms with Crippen molar-refractivity contribution < 1.29 is 18.4 Å². The van der Waals surface area contributed by atoms with Crippen molar-refractivity contribution in [2.45, 2.75) is 38.8 Å². The van der Waals surface area contributed by atoms with Crippen LogP contribution in [0.15, 0.2) is 30.5 Å². The van der Waals surface area contributed by atoms with Crippen LogP contribution in [0.5, 0.6) is 5.75 Å². The number of benzene rings is 1. The molecular weight excluding hydrogens is 410 g/mol. The molecule has 1 fully saturated rings. The zero-order valence-electron chi connectivity index (χ0n) is 17.0. The van der Waals surface area contributed by atoms with Crippen molar-refractivity contribution >= 4 is 17.5 Å². The minimum atomic E-state index is -2.90. The van der Waals surface area contributed by atoms with Gasteiger partial charge in [-0.1, -0.05) is 12.1 Å². The monoisotopic (exact) mass is 436 g/mol. The molecule has 0 saturated heterocycles. The highest BCUT2D eigenvalue weighted by molar-refractivity contribution is 5.57. The zero-order valence-corrected chi connectivity index (χ0v) is 17.0. The van der Waals surface area contributed by atoms with Crippen molar-refractivity contribution in [3.63, 3.8) is 0 Å². The lowest BCUT2D eigenvalue weighted by Crippen LogP contribution is -2.25. The number of nitrogens with one attached hydrogen (secondary N) is 2. The van der Waals surface area contributed by atoms with Gasteiger partial charge in [0.25, 0.3) is 0 Å². The molecule has 1 aliphatic rings. The largest absolute Gasteiger partial charge is 0.435 e. The third-order valence-corrected chi connectivity index (χ3v) is 5.40. The van der Waals surface area contributed by atoms with Gasteiger partial charge in [-0.05, 0) is 61.8 Å². The molecule has 9 nitrogen and oxygen atoms in total. The Bertz CT molecular complexity index is 878. The van der Waals surface area contributed by atoms with Crippen molar-refractivity contribution in [2.24, 2.45) is 17.6 Å². The fraction of sp³-hybridized carbons (Fsp3) is 0.500. The fourth-order valence-corrected chi connectivity index (χ4v) is 3.65. The Labute approximate surface area is 178 Å². The average molecular weight is 436 g/mol. The summed E-state index contributed by atoms with van der Waals surface area (Å²) in [6.45, 7) is -1.38. The molecule has 0 unspecified atom stereocenters. The van der Waals surface area contributed by atoms with Crippen LogP contribution in [-0.2, 0) is 6.54 Å². The molecule has 0 atom stereocenters. The average Bonchev–Trinajstić information content (AvgIpc) is 2.76. The molecule has 1 aliphatic carbocycles. The number of anilines is 2. The summed E-state index contributed by atoms with van der Waals surface area (Å²) < 4.78 is 29.1. The number of hydrogen-bond donors (Lipinski definition) is 3. The molecule has 4 N–H and O–H groups in total. The summed E-state index contributed by atoms with van der Waals surface area (Å²) in [5, 5.41) is 17.4. The number of nitrogens with zero attached hydrogens (tertiary/aromatic N) is 3. The van der Waals surface area contributed by atoms with Gasteiger partial charge in [0.05, 0.1) is 4.92 Å². The molecule has 11 heteroatoms. The van der Waals surface area contributed by atoms with Crippen LogP contribution in [0.3, 0.4) is 0 Å². The molecule has 2 aromatic rings. The van der Waals surface area contributed by atoms with Crippen LogP contribution in [0.1, 0.15) is 31.2 Å². The molecule has 31 heavy (non-hydrogen) atoms. The highest BCUT2D eigenvalue weighted by atomic mass is 19.3. The van der Waals surface area contributed by atoms with Crippen molar-refractivity contribution in [2.75, 3.05) is 23.7 Å². The van der Waals surface area contributed by atoms with Crippen molar-refractivity contribution in [3.05, 3.63) is 46.1 Å². The predicted octanol–water partition coefficient (Wildman–Crippen LogP) is 3.78. The first-order valence-corrected chi connectivity index (χ1v) is 10.2. The Morgan fingerprint density at radius 1 is 1.23 bits per heavy atom. The van der Waals surface area contributed by atoms with Gasteiger partial charge in [-0.25, -0.2) is 4.98 Å². The maximum absolute atomic E-state index is 12.4. The maximum atomic E-state index is 12.4. The Morgan fingerprint density at radius 2 is 1.97 bits per heavy atom. The predicted molar refractivity (Wildman–Crippen MR) is 112 cm³/mol. The molecule has 1 heterocycles. The second-order valence-corrected chi connectivity index (χ2v) is 7.57. The van der Waals surface area contributed by atoms with Gasteiger partial charge in [-0.15, -0.1) is 0 Å². The van der Waals surface area contributed by atoms with E-state index in [-0.39, 0.29) is 29.7 Å². The van der Waals surface area contributed by atoms with Crippen LogP contribution in [0.4, 0.5) is 26.2 Å². The number of alkyl halides is 2. The lowest BCUT2D eigenvalue weighted by atomic mass is 9.82. The van der Waals surface area contributed by atoms with Gasteiger partial charge >= 0.3 is 12.3 Å². The number of aromatic nitrogens is 2. The molecule has 0 amide bonds. The molecular formula is C20H26F2N6O3. The topological polar surface area (TPSA) is 128 Å². The summed E-state index contributed by atoms with van der Waals surface area (Å²) in [6, 6.07) is 6.23. The number of halogens is 2. The second-order valence-electron chi connectivity index (χ2n) is 7.57. The third kappa shape index (κ3) is 6.71. The lowest BCUT2D eigenvalue weighted by Gasteiger charge is -2.27. The van der Waals surface area contributed by atoms with Crippen molar-refractivity contribution in [3.8, 4) is 5.75 Å². The minimum Gasteiger partial charge on any atom is -0.435 e. The minimum absolute atomic E-state index is 0.0469. The van der Waals surface area contributed by atoms with E-state index >= 15 is 0 Å². The number of hydrogen-bond acceptors (Lipinski definition) is 8. The van der Waals surface area contributed by atoms with Crippen molar-refractivity contribution in [1.29, 1.82) is 0 Å². The first kappa shape index (κ1) is 22.6. The SMILES string of the molecule is NCC1CCC(CNc2nc(NCc3cccc(OC(F)F)c3)ncc2[N+](=O)[O-])CC1. The molecule has 3 rings (SSSR count). The molecule has 168 valence electrons. The third-order valence-electron chi connectivity index (χ3n) is 5.40. The Morgan fingerprint density at radius 3 is 2.65 bits per heavy atom. The summed E-state index contributed by atoms with van der Waals surface area (Å²) in [5.41, 5.74) is 6.20. The van der Waals surface area contributed by atoms with Gasteiger partial charge in [0.1, 0.15) is 11.9 Å². The summed E-state index contributed by atoms with van der Waals surface area (Å²) in [5.74, 6) is 1.36. The molecule has 0 spiro atoms. The summed E-state index contributed by atoms with van der Waals surface area (Å²) in [7, 11) is 0. The van der Waals surface area contributed by atoms with E-state index in [1.54, 1.807) is 12.1 Å². The van der Waals surface area contributed by atoms with Crippen LogP contribution in [0.2, 0.25) is 0 Å². The Hall–Kier alpha value is -3.08. The van der Waals surface area contributed by atoms with E-state index in [1.165, 1.54) is 12.1 Å². The second kappa shape index (κ2) is 10.8. The summed E-state index contributed by atoms with van der Waals surface area (Å²) >= 11 is 0. The number of nitro groups is 1. The first-order valence-electron chi connectivity index (χ1n) is 10.2. The molecule has 1 aromatic heterocycles. The number of ether oxygens (including phenoxy) is 1.